The van der Waals surface area contributed by atoms with Crippen LogP contribution in [0.15, 0.2) is 53.4 Å². The fraction of sp³-hybridized carbons (Fsp3) is 0.316. The first kappa shape index (κ1) is 20.3. The Balaban J connectivity index is 2.06. The highest BCUT2D eigenvalue weighted by Gasteiger charge is 2.21. The van der Waals surface area contributed by atoms with Gasteiger partial charge in [-0.2, -0.15) is 0 Å². The van der Waals surface area contributed by atoms with Crippen molar-refractivity contribution in [3.05, 3.63) is 59.1 Å². The smallest absolute Gasteiger partial charge is 0.261 e. The van der Waals surface area contributed by atoms with Crippen molar-refractivity contribution in [2.45, 2.75) is 37.3 Å². The third-order valence-electron chi connectivity index (χ3n) is 3.94. The molecule has 140 valence electrons. The van der Waals surface area contributed by atoms with Crippen LogP contribution in [0.1, 0.15) is 31.9 Å². The Morgan fingerprint density at radius 2 is 1.77 bits per heavy atom. The van der Waals surface area contributed by atoms with E-state index in [0.717, 1.165) is 11.8 Å². The first-order chi connectivity index (χ1) is 12.2. The molecule has 26 heavy (non-hydrogen) atoms. The highest BCUT2D eigenvalue weighted by atomic mass is 35.5. The topological polar surface area (TPSA) is 72.5 Å². The lowest BCUT2D eigenvalue weighted by Gasteiger charge is -2.21. The van der Waals surface area contributed by atoms with E-state index in [1.54, 1.807) is 36.4 Å². The third-order valence-corrected chi connectivity index (χ3v) is 5.38. The summed E-state index contributed by atoms with van der Waals surface area (Å²) >= 11 is 6.08. The van der Waals surface area contributed by atoms with Crippen LogP contribution in [0.2, 0.25) is 5.02 Å². The molecule has 2 rings (SSSR count). The zero-order valence-corrected chi connectivity index (χ0v) is 16.5. The summed E-state index contributed by atoms with van der Waals surface area (Å²) in [6, 6.07) is 13.2. The van der Waals surface area contributed by atoms with Crippen molar-refractivity contribution in [2.75, 3.05) is 6.26 Å². The van der Waals surface area contributed by atoms with Crippen molar-refractivity contribution >= 4 is 27.3 Å². The van der Waals surface area contributed by atoms with Gasteiger partial charge in [0, 0.05) is 6.26 Å². The maximum atomic E-state index is 12.5. The first-order valence-corrected chi connectivity index (χ1v) is 10.5. The third kappa shape index (κ3) is 5.22. The summed E-state index contributed by atoms with van der Waals surface area (Å²) in [5.41, 5.74) is 0.804. The van der Waals surface area contributed by atoms with E-state index in [-0.39, 0.29) is 16.8 Å². The standard InChI is InChI=1S/C19H22ClNO4S/c1-4-17(25-18-8-6-5-7-16(18)20)19(22)21-13(2)14-9-11-15(12-10-14)26(3,23)24/h5-13,17H,4H2,1-3H3,(H,21,22)/t13-,17-/m1/s1. The van der Waals surface area contributed by atoms with Crippen molar-refractivity contribution in [3.63, 3.8) is 0 Å². The predicted octanol–water partition coefficient (Wildman–Crippen LogP) is 3.78. The van der Waals surface area contributed by atoms with Crippen molar-refractivity contribution in [1.29, 1.82) is 0 Å². The Bertz CT molecular complexity index is 865. The number of ether oxygens (including phenoxy) is 1. The minimum Gasteiger partial charge on any atom is -0.479 e. The van der Waals surface area contributed by atoms with E-state index >= 15 is 0 Å². The average molecular weight is 396 g/mol. The molecule has 0 radical (unpaired) electrons. The summed E-state index contributed by atoms with van der Waals surface area (Å²) in [5.74, 6) is 0.202. The van der Waals surface area contributed by atoms with Crippen molar-refractivity contribution < 1.29 is 17.9 Å². The Morgan fingerprint density at radius 1 is 1.15 bits per heavy atom. The molecule has 5 nitrogen and oxygen atoms in total. The van der Waals surface area contributed by atoms with E-state index in [2.05, 4.69) is 5.32 Å². The number of amides is 1. The van der Waals surface area contributed by atoms with E-state index < -0.39 is 15.9 Å². The summed E-state index contributed by atoms with van der Waals surface area (Å²) < 4.78 is 28.8. The van der Waals surface area contributed by atoms with Crippen LogP contribution in [0, 0.1) is 0 Å². The molecule has 0 spiro atoms. The second-order valence-electron chi connectivity index (χ2n) is 6.02. The van der Waals surface area contributed by atoms with Crippen LogP contribution in [0.25, 0.3) is 0 Å². The van der Waals surface area contributed by atoms with E-state index in [1.807, 2.05) is 13.8 Å². The lowest BCUT2D eigenvalue weighted by molar-refractivity contribution is -0.128. The van der Waals surface area contributed by atoms with Crippen LogP contribution in [0.4, 0.5) is 0 Å². The van der Waals surface area contributed by atoms with Gasteiger partial charge in [0.1, 0.15) is 5.75 Å². The fourth-order valence-electron chi connectivity index (χ4n) is 2.41. The quantitative estimate of drug-likeness (QED) is 0.774. The molecule has 0 saturated heterocycles. The van der Waals surface area contributed by atoms with Gasteiger partial charge < -0.3 is 10.1 Å². The number of sulfone groups is 1. The number of rotatable bonds is 7. The van der Waals surface area contributed by atoms with Gasteiger partial charge in [0.2, 0.25) is 0 Å². The maximum Gasteiger partial charge on any atom is 0.261 e. The summed E-state index contributed by atoms with van der Waals surface area (Å²) in [6.45, 7) is 3.68. The number of nitrogens with one attached hydrogen (secondary N) is 1. The van der Waals surface area contributed by atoms with Crippen LogP contribution in [0.3, 0.4) is 0 Å². The first-order valence-electron chi connectivity index (χ1n) is 8.24. The Labute approximate surface area is 159 Å². The van der Waals surface area contributed by atoms with Gasteiger partial charge in [-0.3, -0.25) is 4.79 Å². The second kappa shape index (κ2) is 8.56. The van der Waals surface area contributed by atoms with Gasteiger partial charge in [-0.1, -0.05) is 42.8 Å². The number of carbonyl (C=O) groups is 1. The zero-order valence-electron chi connectivity index (χ0n) is 14.9. The van der Waals surface area contributed by atoms with Gasteiger partial charge in [-0.05, 0) is 43.2 Å². The Hall–Kier alpha value is -2.05. The van der Waals surface area contributed by atoms with Crippen molar-refractivity contribution in [1.82, 2.24) is 5.32 Å². The molecular weight excluding hydrogens is 374 g/mol. The normalized spacial score (nSPS) is 13.7. The lowest BCUT2D eigenvalue weighted by Crippen LogP contribution is -2.39. The number of halogens is 1. The minimum absolute atomic E-state index is 0.244. The number of benzene rings is 2. The molecule has 0 saturated carbocycles. The predicted molar refractivity (Wildman–Crippen MR) is 102 cm³/mol. The van der Waals surface area contributed by atoms with Gasteiger partial charge in [0.05, 0.1) is 16.0 Å². The van der Waals surface area contributed by atoms with Crippen LogP contribution in [-0.4, -0.2) is 26.7 Å². The number of para-hydroxylation sites is 1. The monoisotopic (exact) mass is 395 g/mol. The summed E-state index contributed by atoms with van der Waals surface area (Å²) in [6.07, 6.45) is 0.967. The van der Waals surface area contributed by atoms with Crippen LogP contribution in [0.5, 0.6) is 5.75 Å². The van der Waals surface area contributed by atoms with Crippen LogP contribution >= 0.6 is 11.6 Å². The van der Waals surface area contributed by atoms with Gasteiger partial charge in [0.25, 0.3) is 5.91 Å². The van der Waals surface area contributed by atoms with Gasteiger partial charge >= 0.3 is 0 Å². The molecule has 0 aliphatic heterocycles. The number of hydrogen-bond donors (Lipinski definition) is 1. The molecule has 0 unspecified atom stereocenters. The number of carbonyl (C=O) groups excluding carboxylic acids is 1. The molecule has 0 aliphatic rings. The Kier molecular flexibility index (Phi) is 6.67. The molecule has 1 N–H and O–H groups in total. The van der Waals surface area contributed by atoms with Gasteiger partial charge in [-0.15, -0.1) is 0 Å². The van der Waals surface area contributed by atoms with Crippen LogP contribution in [-0.2, 0) is 14.6 Å². The van der Waals surface area contributed by atoms with Gasteiger partial charge in [-0.25, -0.2) is 8.42 Å². The summed E-state index contributed by atoms with van der Waals surface area (Å²) in [5, 5.41) is 3.34. The molecule has 2 atom stereocenters. The molecule has 1 amide bonds. The summed E-state index contributed by atoms with van der Waals surface area (Å²) in [4.78, 5) is 12.8. The largest absolute Gasteiger partial charge is 0.479 e. The second-order valence-corrected chi connectivity index (χ2v) is 8.44. The summed E-state index contributed by atoms with van der Waals surface area (Å²) in [7, 11) is -3.24. The molecule has 0 heterocycles. The zero-order chi connectivity index (χ0) is 19.3. The average Bonchev–Trinajstić information content (AvgIpc) is 2.60. The van der Waals surface area contributed by atoms with E-state index in [9.17, 15) is 13.2 Å². The van der Waals surface area contributed by atoms with Gasteiger partial charge in [0.15, 0.2) is 15.9 Å². The Morgan fingerprint density at radius 3 is 2.31 bits per heavy atom. The van der Waals surface area contributed by atoms with Crippen molar-refractivity contribution in [2.24, 2.45) is 0 Å². The molecule has 0 aromatic heterocycles. The van der Waals surface area contributed by atoms with E-state index in [4.69, 9.17) is 16.3 Å². The number of hydrogen-bond acceptors (Lipinski definition) is 4. The minimum atomic E-state index is -3.24. The molecule has 7 heteroatoms. The fourth-order valence-corrected chi connectivity index (χ4v) is 3.22. The molecule has 0 aliphatic carbocycles. The highest BCUT2D eigenvalue weighted by Crippen LogP contribution is 2.25. The lowest BCUT2D eigenvalue weighted by atomic mass is 10.1. The molecule has 2 aromatic rings. The highest BCUT2D eigenvalue weighted by molar-refractivity contribution is 7.90. The van der Waals surface area contributed by atoms with E-state index in [0.29, 0.717) is 17.2 Å². The van der Waals surface area contributed by atoms with E-state index in [1.165, 1.54) is 12.1 Å². The maximum absolute atomic E-state index is 12.5. The van der Waals surface area contributed by atoms with Crippen LogP contribution < -0.4 is 10.1 Å². The molecule has 2 aromatic carbocycles. The molecule has 0 bridgehead atoms. The SMILES string of the molecule is CC[C@@H](Oc1ccccc1Cl)C(=O)N[C@H](C)c1ccc(S(C)(=O)=O)cc1. The molecular formula is C19H22ClNO4S. The van der Waals surface area contributed by atoms with Crippen molar-refractivity contribution in [3.8, 4) is 5.75 Å². The molecule has 0 fully saturated rings.